The summed E-state index contributed by atoms with van der Waals surface area (Å²) in [6, 6.07) is 4.65. The van der Waals surface area contributed by atoms with Gasteiger partial charge in [-0.05, 0) is 24.6 Å². The maximum atomic E-state index is 11.9. The molecule has 0 radical (unpaired) electrons. The lowest BCUT2D eigenvalue weighted by molar-refractivity contribution is -0.124. The van der Waals surface area contributed by atoms with Gasteiger partial charge in [-0.2, -0.15) is 12.6 Å². The summed E-state index contributed by atoms with van der Waals surface area (Å²) < 4.78 is 0. The van der Waals surface area contributed by atoms with E-state index in [1.54, 1.807) is 12.1 Å². The summed E-state index contributed by atoms with van der Waals surface area (Å²) in [4.78, 5) is 22.8. The molecule has 18 heavy (non-hydrogen) atoms. The van der Waals surface area contributed by atoms with Gasteiger partial charge < -0.3 is 10.6 Å². The average molecular weight is 287 g/mol. The van der Waals surface area contributed by atoms with Crippen molar-refractivity contribution in [1.82, 2.24) is 5.32 Å². The van der Waals surface area contributed by atoms with Crippen LogP contribution in [0.4, 0.5) is 5.69 Å². The molecule has 98 valence electrons. The predicted octanol–water partition coefficient (Wildman–Crippen LogP) is 2.02. The van der Waals surface area contributed by atoms with Crippen molar-refractivity contribution in [2.75, 3.05) is 11.1 Å². The monoisotopic (exact) mass is 286 g/mol. The van der Waals surface area contributed by atoms with Crippen molar-refractivity contribution in [2.24, 2.45) is 0 Å². The van der Waals surface area contributed by atoms with Gasteiger partial charge in [0, 0.05) is 12.7 Å². The fourth-order valence-electron chi connectivity index (χ4n) is 1.39. The van der Waals surface area contributed by atoms with Crippen molar-refractivity contribution >= 4 is 41.7 Å². The number of aryl methyl sites for hydroxylation is 1. The summed E-state index contributed by atoms with van der Waals surface area (Å²) >= 11 is 10.0. The van der Waals surface area contributed by atoms with Gasteiger partial charge in [0.1, 0.15) is 6.04 Å². The van der Waals surface area contributed by atoms with Crippen molar-refractivity contribution in [3.05, 3.63) is 28.8 Å². The number of nitrogens with one attached hydrogen (secondary N) is 2. The van der Waals surface area contributed by atoms with E-state index >= 15 is 0 Å². The highest BCUT2D eigenvalue weighted by Crippen LogP contribution is 2.22. The van der Waals surface area contributed by atoms with Crippen molar-refractivity contribution in [2.45, 2.75) is 19.9 Å². The number of carbonyl (C=O) groups is 2. The summed E-state index contributed by atoms with van der Waals surface area (Å²) in [6.07, 6.45) is 0. The zero-order valence-corrected chi connectivity index (χ0v) is 11.8. The van der Waals surface area contributed by atoms with Crippen LogP contribution in [0.5, 0.6) is 0 Å². The molecule has 0 aliphatic rings. The first-order chi connectivity index (χ1) is 8.43. The predicted molar refractivity (Wildman–Crippen MR) is 76.3 cm³/mol. The zero-order chi connectivity index (χ0) is 13.7. The molecule has 0 spiro atoms. The van der Waals surface area contributed by atoms with E-state index in [1.165, 1.54) is 6.92 Å². The van der Waals surface area contributed by atoms with E-state index in [9.17, 15) is 9.59 Å². The molecule has 0 bridgehead atoms. The second-order valence-electron chi connectivity index (χ2n) is 3.91. The van der Waals surface area contributed by atoms with Gasteiger partial charge in [-0.3, -0.25) is 9.59 Å². The molecular weight excluding hydrogens is 272 g/mol. The number of halogens is 1. The standard InChI is InChI=1S/C12H15ClN2O2S/c1-7-3-4-9(13)10(5-7)15-12(17)11(6-18)14-8(2)16/h3-5,11,18H,6H2,1-2H3,(H,14,16)(H,15,17). The highest BCUT2D eigenvalue weighted by Gasteiger charge is 2.18. The van der Waals surface area contributed by atoms with Gasteiger partial charge in [0.05, 0.1) is 10.7 Å². The number of benzene rings is 1. The largest absolute Gasteiger partial charge is 0.344 e. The van der Waals surface area contributed by atoms with Crippen LogP contribution in [-0.2, 0) is 9.59 Å². The number of anilines is 1. The topological polar surface area (TPSA) is 58.2 Å². The first-order valence-corrected chi connectivity index (χ1v) is 6.40. The zero-order valence-electron chi connectivity index (χ0n) is 10.2. The Labute approximate surface area is 117 Å². The minimum atomic E-state index is -0.678. The fourth-order valence-corrected chi connectivity index (χ4v) is 1.82. The van der Waals surface area contributed by atoms with Crippen molar-refractivity contribution in [1.29, 1.82) is 0 Å². The number of amides is 2. The Morgan fingerprint density at radius 3 is 2.67 bits per heavy atom. The van der Waals surface area contributed by atoms with E-state index < -0.39 is 6.04 Å². The first-order valence-electron chi connectivity index (χ1n) is 5.39. The summed E-state index contributed by atoms with van der Waals surface area (Å²) in [5.41, 5.74) is 1.51. The van der Waals surface area contributed by atoms with Crippen LogP contribution in [0, 0.1) is 6.92 Å². The second-order valence-corrected chi connectivity index (χ2v) is 4.68. The molecule has 1 aromatic rings. The molecule has 1 rings (SSSR count). The number of hydrogen-bond donors (Lipinski definition) is 3. The summed E-state index contributed by atoms with van der Waals surface area (Å²) in [5.74, 6) is -0.401. The SMILES string of the molecule is CC(=O)NC(CS)C(=O)Nc1cc(C)ccc1Cl. The van der Waals surface area contributed by atoms with Gasteiger partial charge in [-0.1, -0.05) is 17.7 Å². The van der Waals surface area contributed by atoms with E-state index in [4.69, 9.17) is 11.6 Å². The molecule has 0 heterocycles. The van der Waals surface area contributed by atoms with Crippen LogP contribution in [0.2, 0.25) is 5.02 Å². The number of carbonyl (C=O) groups excluding carboxylic acids is 2. The molecule has 1 aromatic carbocycles. The van der Waals surface area contributed by atoms with Gasteiger partial charge in [0.25, 0.3) is 0 Å². The minimum absolute atomic E-state index is 0.217. The third-order valence-electron chi connectivity index (χ3n) is 2.26. The molecule has 0 aliphatic heterocycles. The van der Waals surface area contributed by atoms with Gasteiger partial charge in [-0.15, -0.1) is 0 Å². The van der Waals surface area contributed by atoms with Crippen LogP contribution >= 0.6 is 24.2 Å². The first kappa shape index (κ1) is 14.9. The second kappa shape index (κ2) is 6.66. The summed E-state index contributed by atoms with van der Waals surface area (Å²) in [5, 5.41) is 5.64. The Bertz CT molecular complexity index is 465. The Morgan fingerprint density at radius 2 is 2.11 bits per heavy atom. The Morgan fingerprint density at radius 1 is 1.44 bits per heavy atom. The van der Waals surface area contributed by atoms with Crippen LogP contribution < -0.4 is 10.6 Å². The molecule has 2 amide bonds. The average Bonchev–Trinajstić information content (AvgIpc) is 2.30. The van der Waals surface area contributed by atoms with E-state index in [-0.39, 0.29) is 17.6 Å². The molecular formula is C12H15ClN2O2S. The summed E-state index contributed by atoms with van der Waals surface area (Å²) in [6.45, 7) is 3.25. The molecule has 1 atom stereocenters. The fraction of sp³-hybridized carbons (Fsp3) is 0.333. The van der Waals surface area contributed by atoms with Crippen molar-refractivity contribution < 1.29 is 9.59 Å². The lowest BCUT2D eigenvalue weighted by Gasteiger charge is -2.16. The van der Waals surface area contributed by atoms with Gasteiger partial charge in [0.15, 0.2) is 0 Å². The minimum Gasteiger partial charge on any atom is -0.344 e. The number of thiol groups is 1. The van der Waals surface area contributed by atoms with Crippen LogP contribution in [0.3, 0.4) is 0 Å². The van der Waals surface area contributed by atoms with Gasteiger partial charge in [-0.25, -0.2) is 0 Å². The molecule has 1 unspecified atom stereocenters. The molecule has 0 aliphatic carbocycles. The van der Waals surface area contributed by atoms with E-state index in [2.05, 4.69) is 23.3 Å². The Kier molecular flexibility index (Phi) is 5.50. The molecule has 4 nitrogen and oxygen atoms in total. The lowest BCUT2D eigenvalue weighted by Crippen LogP contribution is -2.44. The van der Waals surface area contributed by atoms with Gasteiger partial charge >= 0.3 is 0 Å². The van der Waals surface area contributed by atoms with E-state index in [0.29, 0.717) is 10.7 Å². The van der Waals surface area contributed by atoms with Crippen molar-refractivity contribution in [3.8, 4) is 0 Å². The normalized spacial score (nSPS) is 11.8. The molecule has 0 saturated heterocycles. The quantitative estimate of drug-likeness (QED) is 0.742. The number of rotatable bonds is 4. The van der Waals surface area contributed by atoms with Crippen LogP contribution in [-0.4, -0.2) is 23.6 Å². The molecule has 6 heteroatoms. The third kappa shape index (κ3) is 4.23. The Balaban J connectivity index is 2.79. The van der Waals surface area contributed by atoms with Crippen molar-refractivity contribution in [3.63, 3.8) is 0 Å². The van der Waals surface area contributed by atoms with E-state index in [0.717, 1.165) is 5.56 Å². The third-order valence-corrected chi connectivity index (χ3v) is 2.95. The van der Waals surface area contributed by atoms with Crippen LogP contribution in [0.15, 0.2) is 18.2 Å². The van der Waals surface area contributed by atoms with E-state index in [1.807, 2.05) is 13.0 Å². The highest BCUT2D eigenvalue weighted by molar-refractivity contribution is 7.80. The highest BCUT2D eigenvalue weighted by atomic mass is 35.5. The Hall–Kier alpha value is -1.20. The van der Waals surface area contributed by atoms with Crippen LogP contribution in [0.25, 0.3) is 0 Å². The maximum absolute atomic E-state index is 11.9. The number of hydrogen-bond acceptors (Lipinski definition) is 3. The molecule has 2 N–H and O–H groups in total. The molecule has 0 aromatic heterocycles. The maximum Gasteiger partial charge on any atom is 0.247 e. The molecule has 0 saturated carbocycles. The smallest absolute Gasteiger partial charge is 0.247 e. The molecule has 0 fully saturated rings. The summed E-state index contributed by atoms with van der Waals surface area (Å²) in [7, 11) is 0. The van der Waals surface area contributed by atoms with Crippen LogP contribution in [0.1, 0.15) is 12.5 Å². The lowest BCUT2D eigenvalue weighted by atomic mass is 10.2. The van der Waals surface area contributed by atoms with Gasteiger partial charge in [0.2, 0.25) is 11.8 Å².